The van der Waals surface area contributed by atoms with Gasteiger partial charge in [-0.15, -0.1) is 0 Å². The number of hydrogen-bond acceptors (Lipinski definition) is 6. The molecule has 0 heterocycles. The number of halogens is 1. The fourth-order valence-electron chi connectivity index (χ4n) is 1.53. The maximum Gasteiger partial charge on any atom is 0.318 e. The van der Waals surface area contributed by atoms with Crippen LogP contribution in [0.25, 0.3) is 0 Å². The van der Waals surface area contributed by atoms with Gasteiger partial charge in [-0.2, -0.15) is 0 Å². The van der Waals surface area contributed by atoms with E-state index < -0.39 is 36.7 Å². The zero-order valence-electron chi connectivity index (χ0n) is 10.3. The van der Waals surface area contributed by atoms with E-state index in [1.165, 1.54) is 18.2 Å². The van der Waals surface area contributed by atoms with E-state index in [4.69, 9.17) is 4.74 Å². The largest absolute Gasteiger partial charge is 0.450 e. The molecule has 0 saturated carbocycles. The summed E-state index contributed by atoms with van der Waals surface area (Å²) in [5.41, 5.74) is -0.884. The Kier molecular flexibility index (Phi) is 4.52. The van der Waals surface area contributed by atoms with Crippen LogP contribution in [-0.4, -0.2) is 9.85 Å². The maximum atomic E-state index is 11.0. The summed E-state index contributed by atoms with van der Waals surface area (Å²) in [5.74, 6) is 0.211. The molecule has 2 rings (SSSR count). The molecule has 2 aromatic carbocycles. The monoisotopic (exact) mass is 402 g/mol. The first-order valence-electron chi connectivity index (χ1n) is 5.49. The molecule has 0 aliphatic carbocycles. The van der Waals surface area contributed by atoms with Gasteiger partial charge in [-0.05, 0) is 30.3 Å². The molecule has 0 saturated heterocycles. The van der Waals surface area contributed by atoms with Gasteiger partial charge in [0.05, 0.1) is 15.9 Å². The summed E-state index contributed by atoms with van der Waals surface area (Å²) < 4.78 is 16.8. The van der Waals surface area contributed by atoms with Gasteiger partial charge in [-0.25, -0.2) is 0 Å². The van der Waals surface area contributed by atoms with Crippen molar-refractivity contribution in [2.75, 3.05) is 0 Å². The molecule has 0 aliphatic heterocycles. The lowest BCUT2D eigenvalue weighted by Crippen LogP contribution is -1.96. The lowest BCUT2D eigenvalue weighted by Gasteiger charge is -2.06. The summed E-state index contributed by atoms with van der Waals surface area (Å²) in [6.45, 7) is 0. The van der Waals surface area contributed by atoms with Crippen molar-refractivity contribution in [2.24, 2.45) is 0 Å². The molecule has 0 amide bonds. The second-order valence-corrected chi connectivity index (χ2v) is 5.49. The van der Waals surface area contributed by atoms with Gasteiger partial charge in [0.1, 0.15) is 5.75 Å². The van der Waals surface area contributed by atoms with E-state index in [9.17, 15) is 23.3 Å². The standard InChI is InChI=1S/C12H7IN2O6/c16-13-8-1-4-10(5-2-8)21-12-6-3-9(14(17)18)7-11(12)15(19)20/h1-7H. The third-order valence-corrected chi connectivity index (χ3v) is 3.71. The second kappa shape index (κ2) is 6.35. The minimum atomic E-state index is -1.28. The van der Waals surface area contributed by atoms with Crippen LogP contribution in [0.15, 0.2) is 42.5 Å². The summed E-state index contributed by atoms with van der Waals surface area (Å²) in [6, 6.07) is 9.37. The van der Waals surface area contributed by atoms with Crippen molar-refractivity contribution in [1.82, 2.24) is 0 Å². The first kappa shape index (κ1) is 15.0. The Morgan fingerprint density at radius 1 is 0.952 bits per heavy atom. The van der Waals surface area contributed by atoms with E-state index in [-0.39, 0.29) is 11.4 Å². The molecule has 2 aromatic rings. The molecule has 0 radical (unpaired) electrons. The Morgan fingerprint density at radius 3 is 2.14 bits per heavy atom. The van der Waals surface area contributed by atoms with Crippen molar-refractivity contribution in [3.8, 4) is 11.5 Å². The summed E-state index contributed by atoms with van der Waals surface area (Å²) in [4.78, 5) is 20.1. The topological polar surface area (TPSA) is 113 Å². The van der Waals surface area contributed by atoms with E-state index in [0.717, 1.165) is 12.1 Å². The van der Waals surface area contributed by atoms with Gasteiger partial charge in [-0.3, -0.25) is 23.3 Å². The lowest BCUT2D eigenvalue weighted by atomic mass is 10.2. The number of nitro groups is 2. The van der Waals surface area contributed by atoms with Crippen LogP contribution in [0.1, 0.15) is 0 Å². The Balaban J connectivity index is 2.36. The van der Waals surface area contributed by atoms with Gasteiger partial charge in [0.2, 0.25) is 5.75 Å². The van der Waals surface area contributed by atoms with Crippen molar-refractivity contribution in [2.45, 2.75) is 0 Å². The van der Waals surface area contributed by atoms with Crippen LogP contribution >= 0.6 is 21.2 Å². The van der Waals surface area contributed by atoms with Gasteiger partial charge >= 0.3 is 5.69 Å². The van der Waals surface area contributed by atoms with Crippen LogP contribution in [-0.2, 0) is 3.07 Å². The molecule has 0 spiro atoms. The van der Waals surface area contributed by atoms with Gasteiger partial charge in [0, 0.05) is 9.64 Å². The molecule has 8 nitrogen and oxygen atoms in total. The van der Waals surface area contributed by atoms with E-state index in [0.29, 0.717) is 9.32 Å². The molecule has 0 bridgehead atoms. The van der Waals surface area contributed by atoms with E-state index in [2.05, 4.69) is 0 Å². The number of benzene rings is 2. The number of nitrogens with zero attached hydrogens (tertiary/aromatic N) is 2. The quantitative estimate of drug-likeness (QED) is 0.427. The van der Waals surface area contributed by atoms with Crippen molar-refractivity contribution >= 4 is 32.6 Å². The van der Waals surface area contributed by atoms with Crippen LogP contribution in [0.3, 0.4) is 0 Å². The Hall–Kier alpha value is -2.43. The lowest BCUT2D eigenvalue weighted by molar-refractivity contribution is -0.394. The van der Waals surface area contributed by atoms with Crippen molar-refractivity contribution in [3.63, 3.8) is 0 Å². The first-order valence-corrected chi connectivity index (χ1v) is 7.45. The molecular formula is C12H7IN2O6. The van der Waals surface area contributed by atoms with Crippen molar-refractivity contribution in [1.29, 1.82) is 0 Å². The molecule has 0 aliphatic rings. The second-order valence-electron chi connectivity index (χ2n) is 3.80. The number of ether oxygens (including phenoxy) is 1. The van der Waals surface area contributed by atoms with E-state index in [1.807, 2.05) is 0 Å². The highest BCUT2D eigenvalue weighted by molar-refractivity contribution is 14.1. The highest BCUT2D eigenvalue weighted by Crippen LogP contribution is 2.34. The molecule has 0 fully saturated rings. The summed E-state index contributed by atoms with van der Waals surface area (Å²) in [6.07, 6.45) is 0. The zero-order chi connectivity index (χ0) is 15.4. The number of rotatable bonds is 5. The minimum absolute atomic E-state index is 0.102. The number of hydrogen-bond donors (Lipinski definition) is 0. The van der Waals surface area contributed by atoms with Crippen LogP contribution in [0, 0.1) is 23.8 Å². The Bertz CT molecular complexity index is 716. The smallest absolute Gasteiger partial charge is 0.318 e. The van der Waals surface area contributed by atoms with Gasteiger partial charge in [0.15, 0.2) is 21.2 Å². The highest BCUT2D eigenvalue weighted by atomic mass is 127. The number of nitro benzene ring substituents is 2. The number of non-ortho nitro benzene ring substituents is 1. The maximum absolute atomic E-state index is 11.0. The fourth-order valence-corrected chi connectivity index (χ4v) is 2.18. The van der Waals surface area contributed by atoms with Crippen LogP contribution < -0.4 is 4.74 Å². The van der Waals surface area contributed by atoms with E-state index in [1.54, 1.807) is 12.1 Å². The first-order chi connectivity index (χ1) is 10.0. The van der Waals surface area contributed by atoms with Crippen LogP contribution in [0.4, 0.5) is 11.4 Å². The highest BCUT2D eigenvalue weighted by Gasteiger charge is 2.21. The fraction of sp³-hybridized carbons (Fsp3) is 0. The van der Waals surface area contributed by atoms with Gasteiger partial charge in [0.25, 0.3) is 5.69 Å². The average Bonchev–Trinajstić information content (AvgIpc) is 2.48. The van der Waals surface area contributed by atoms with Crippen LogP contribution in [0.2, 0.25) is 0 Å². The molecule has 0 aromatic heterocycles. The van der Waals surface area contributed by atoms with Gasteiger partial charge < -0.3 is 4.74 Å². The van der Waals surface area contributed by atoms with Crippen molar-refractivity contribution in [3.05, 3.63) is 66.3 Å². The summed E-state index contributed by atoms with van der Waals surface area (Å²) in [5, 5.41) is 21.6. The molecule has 9 heteroatoms. The van der Waals surface area contributed by atoms with Crippen LogP contribution in [0.5, 0.6) is 11.5 Å². The SMILES string of the molecule is O=Ic1ccc(Oc2ccc([N+](=O)[O-])cc2[N+](=O)[O-])cc1. The third kappa shape index (κ3) is 3.56. The Morgan fingerprint density at radius 2 is 1.62 bits per heavy atom. The normalized spacial score (nSPS) is 10.1. The van der Waals surface area contributed by atoms with Crippen molar-refractivity contribution < 1.29 is 17.7 Å². The molecule has 21 heavy (non-hydrogen) atoms. The summed E-state index contributed by atoms with van der Waals surface area (Å²) >= 11 is -1.28. The molecule has 0 atom stereocenters. The molecule has 0 unspecified atom stereocenters. The molecular weight excluding hydrogens is 395 g/mol. The Labute approximate surface area is 128 Å². The molecule has 0 N–H and O–H groups in total. The minimum Gasteiger partial charge on any atom is -0.450 e. The van der Waals surface area contributed by atoms with E-state index >= 15 is 0 Å². The predicted octanol–water partition coefficient (Wildman–Crippen LogP) is 3.78. The zero-order valence-corrected chi connectivity index (χ0v) is 12.4. The molecule has 108 valence electrons. The predicted molar refractivity (Wildman–Crippen MR) is 79.7 cm³/mol. The summed E-state index contributed by atoms with van der Waals surface area (Å²) in [7, 11) is 0. The average molecular weight is 402 g/mol. The third-order valence-electron chi connectivity index (χ3n) is 2.48. The van der Waals surface area contributed by atoms with Gasteiger partial charge in [-0.1, -0.05) is 0 Å².